The van der Waals surface area contributed by atoms with Crippen molar-refractivity contribution < 1.29 is 38.4 Å². The number of likely N-dealkylation sites (N-methyl/N-ethyl adjacent to an activating group) is 2. The van der Waals surface area contributed by atoms with Gasteiger partial charge < -0.3 is 47.4 Å². The van der Waals surface area contributed by atoms with E-state index < -0.39 is 82.7 Å². The number of nitrogens with zero attached hydrogens (tertiary/aromatic N) is 1. The van der Waals surface area contributed by atoms with Crippen LogP contribution in [0.1, 0.15) is 160 Å². The van der Waals surface area contributed by atoms with Gasteiger partial charge in [0.05, 0.1) is 30.2 Å². The number of carbonyl (C=O) groups excluding carboxylic acids is 8. The van der Waals surface area contributed by atoms with Gasteiger partial charge in [0.25, 0.3) is 0 Å². The van der Waals surface area contributed by atoms with Crippen LogP contribution in [-0.4, -0.2) is 115 Å². The molecule has 0 bridgehead atoms. The van der Waals surface area contributed by atoms with Crippen molar-refractivity contribution in [1.29, 1.82) is 0 Å². The van der Waals surface area contributed by atoms with Crippen molar-refractivity contribution in [2.45, 2.75) is 193 Å². The molecule has 416 valence electrons. The number of likely N-dealkylation sites (tertiary alicyclic amines) is 1. The number of fused-ring (bicyclic) bond motifs is 2. The predicted octanol–water partition coefficient (Wildman–Crippen LogP) is 4.62. The Kier molecular flexibility index (Phi) is 18.9. The summed E-state index contributed by atoms with van der Waals surface area (Å²) >= 11 is 0. The van der Waals surface area contributed by atoms with Gasteiger partial charge in [-0.2, -0.15) is 0 Å². The Bertz CT molecular complexity index is 2300. The summed E-state index contributed by atoms with van der Waals surface area (Å²) in [5, 5.41) is 24.7. The van der Waals surface area contributed by atoms with Crippen molar-refractivity contribution in [1.82, 2.24) is 47.4 Å². The lowest BCUT2D eigenvalue weighted by Crippen LogP contribution is -2.59. The number of hydrogen-bond acceptors (Lipinski definition) is 10. The van der Waals surface area contributed by atoms with Crippen LogP contribution >= 0.6 is 0 Å². The second kappa shape index (κ2) is 24.8. The van der Waals surface area contributed by atoms with E-state index in [-0.39, 0.29) is 85.5 Å². The highest BCUT2D eigenvalue weighted by molar-refractivity contribution is 5.97. The van der Waals surface area contributed by atoms with Crippen LogP contribution in [-0.2, 0) is 51.2 Å². The SMILES string of the molecule is CN[C@@H](C)C(=O)NC(C(=O)C1C[C@@H](NC(=O)C2CCCC(C(=O)N[C@H]3CC(C(=O)N[C@@H]4CCCc5ccccc54)N(C(=O)[C@@H](NC(=O)[C@H](C)NC)C(C)(C)C)C3)C2)CC1C(=O)N[C@@H]1CCCc2ccccc21)C(C)(C)C. The standard InChI is InChI=1S/C59H87N9O8/c1-33(60-9)51(70)66-49(58(3,4)5)48(69)43-29-39(30-44(43)55(74)64-45-26-16-20-35-18-11-13-24-41(35)45)62-53(72)37-22-15-23-38(28-37)54(73)63-40-31-47(56(75)65-46-27-17-21-36-19-12-14-25-42(36)46)68(32-40)57(76)50(59(6,7)8)67-52(71)34(2)61-10/h11-14,18-19,24-25,33-34,37-40,43-47,49-50,60-61H,15-17,20-23,26-32H2,1-10H3,(H,62,72)(H,63,73)(H,64,74)(H,65,75)(H,66,70)(H,67,71)/t33-,34-,37?,38?,39+,40-,43?,44?,45+,46+,47?,49?,50+/m0/s1. The summed E-state index contributed by atoms with van der Waals surface area (Å²) < 4.78 is 0. The molecule has 4 aliphatic carbocycles. The first-order valence-electron chi connectivity index (χ1n) is 28.2. The first-order valence-corrected chi connectivity index (χ1v) is 28.2. The highest BCUT2D eigenvalue weighted by atomic mass is 16.2. The van der Waals surface area contributed by atoms with Crippen molar-refractivity contribution in [2.75, 3.05) is 20.6 Å². The number of Topliss-reactive ketones (excluding diaryl/α,β-unsaturated/α-hetero) is 1. The Morgan fingerprint density at radius 1 is 0.526 bits per heavy atom. The Morgan fingerprint density at radius 3 is 1.51 bits per heavy atom. The first kappa shape index (κ1) is 58.0. The van der Waals surface area contributed by atoms with E-state index in [1.807, 2.05) is 77.9 Å². The molecule has 3 fully saturated rings. The highest BCUT2D eigenvalue weighted by Crippen LogP contribution is 2.40. The van der Waals surface area contributed by atoms with Gasteiger partial charge in [0.15, 0.2) is 5.78 Å². The number of nitrogens with one attached hydrogen (secondary N) is 8. The Morgan fingerprint density at radius 2 is 1.00 bits per heavy atom. The molecule has 6 unspecified atom stereocenters. The predicted molar refractivity (Wildman–Crippen MR) is 291 cm³/mol. The van der Waals surface area contributed by atoms with Crippen LogP contribution in [0.2, 0.25) is 0 Å². The molecule has 1 aliphatic heterocycles. The van der Waals surface area contributed by atoms with E-state index in [9.17, 15) is 38.4 Å². The minimum atomic E-state index is -0.964. The first-order chi connectivity index (χ1) is 36.0. The molecule has 1 saturated heterocycles. The minimum absolute atomic E-state index is 0.0580. The molecular formula is C59H87N9O8. The molecule has 1 heterocycles. The highest BCUT2D eigenvalue weighted by Gasteiger charge is 2.50. The zero-order chi connectivity index (χ0) is 55.2. The molecule has 7 rings (SSSR count). The number of rotatable bonds is 17. The average Bonchev–Trinajstić information content (AvgIpc) is 4.03. The van der Waals surface area contributed by atoms with E-state index in [1.165, 1.54) is 16.0 Å². The fourth-order valence-electron chi connectivity index (χ4n) is 12.4. The topological polar surface area (TPSA) is 236 Å². The summed E-state index contributed by atoms with van der Waals surface area (Å²) in [6.45, 7) is 14.8. The lowest BCUT2D eigenvalue weighted by Gasteiger charge is -2.36. The fourth-order valence-corrected chi connectivity index (χ4v) is 12.4. The van der Waals surface area contributed by atoms with Crippen LogP contribution in [0.15, 0.2) is 48.5 Å². The molecular weight excluding hydrogens is 963 g/mol. The Hall–Kier alpha value is -5.68. The van der Waals surface area contributed by atoms with Gasteiger partial charge in [-0.15, -0.1) is 0 Å². The third-order valence-electron chi connectivity index (χ3n) is 17.1. The number of amides is 7. The summed E-state index contributed by atoms with van der Waals surface area (Å²) in [6.07, 6.45) is 7.82. The summed E-state index contributed by atoms with van der Waals surface area (Å²) in [5.41, 5.74) is 3.11. The van der Waals surface area contributed by atoms with Crippen molar-refractivity contribution in [3.8, 4) is 0 Å². The van der Waals surface area contributed by atoms with Crippen LogP contribution in [0.3, 0.4) is 0 Å². The van der Waals surface area contributed by atoms with Gasteiger partial charge in [0.1, 0.15) is 12.1 Å². The zero-order valence-electron chi connectivity index (χ0n) is 46.7. The Labute approximate surface area is 450 Å². The number of ketones is 1. The molecule has 2 aromatic carbocycles. The maximum Gasteiger partial charge on any atom is 0.246 e. The molecule has 0 aromatic heterocycles. The van der Waals surface area contributed by atoms with Crippen LogP contribution < -0.4 is 42.5 Å². The molecule has 17 heteroatoms. The fraction of sp³-hybridized carbons (Fsp3) is 0.661. The molecule has 0 radical (unpaired) electrons. The summed E-state index contributed by atoms with van der Waals surface area (Å²) in [7, 11) is 3.34. The van der Waals surface area contributed by atoms with Gasteiger partial charge in [-0.1, -0.05) is 96.5 Å². The van der Waals surface area contributed by atoms with Gasteiger partial charge in [-0.25, -0.2) is 0 Å². The van der Waals surface area contributed by atoms with Gasteiger partial charge in [0.2, 0.25) is 41.4 Å². The zero-order valence-corrected chi connectivity index (χ0v) is 46.7. The average molecular weight is 1050 g/mol. The molecule has 5 aliphatic rings. The summed E-state index contributed by atoms with van der Waals surface area (Å²) in [4.78, 5) is 115. The van der Waals surface area contributed by atoms with Crippen molar-refractivity contribution in [3.63, 3.8) is 0 Å². The minimum Gasteiger partial charge on any atom is -0.353 e. The Balaban J connectivity index is 1.05. The van der Waals surface area contributed by atoms with Crippen LogP contribution in [0.5, 0.6) is 0 Å². The number of carbonyl (C=O) groups is 8. The van der Waals surface area contributed by atoms with E-state index in [1.54, 1.807) is 27.9 Å². The second-order valence-electron chi connectivity index (χ2n) is 24.7. The maximum atomic E-state index is 14.8. The van der Waals surface area contributed by atoms with Crippen LogP contribution in [0, 0.1) is 34.5 Å². The molecule has 2 saturated carbocycles. The quantitative estimate of drug-likeness (QED) is 0.110. The molecule has 76 heavy (non-hydrogen) atoms. The van der Waals surface area contributed by atoms with Crippen LogP contribution in [0.4, 0.5) is 0 Å². The second-order valence-corrected chi connectivity index (χ2v) is 24.7. The van der Waals surface area contributed by atoms with Crippen molar-refractivity contribution in [2.24, 2.45) is 34.5 Å². The number of aryl methyl sites for hydroxylation is 2. The van der Waals surface area contributed by atoms with Gasteiger partial charge in [0, 0.05) is 42.3 Å². The monoisotopic (exact) mass is 1050 g/mol. The number of benzene rings is 2. The molecule has 7 amide bonds. The van der Waals surface area contributed by atoms with E-state index in [0.29, 0.717) is 19.3 Å². The van der Waals surface area contributed by atoms with E-state index >= 15 is 0 Å². The number of hydrogen-bond donors (Lipinski definition) is 8. The smallest absolute Gasteiger partial charge is 0.246 e. The third-order valence-corrected chi connectivity index (χ3v) is 17.1. The molecule has 2 aromatic rings. The van der Waals surface area contributed by atoms with Gasteiger partial charge in [-0.3, -0.25) is 38.4 Å². The lowest BCUT2D eigenvalue weighted by atomic mass is 9.77. The normalized spacial score (nSPS) is 27.0. The van der Waals surface area contributed by atoms with Crippen LogP contribution in [0.25, 0.3) is 0 Å². The van der Waals surface area contributed by atoms with Crippen molar-refractivity contribution >= 4 is 47.1 Å². The summed E-state index contributed by atoms with van der Waals surface area (Å²) in [5.74, 6) is -4.94. The summed E-state index contributed by atoms with van der Waals surface area (Å²) in [6, 6.07) is 10.7. The molecule has 8 N–H and O–H groups in total. The molecule has 13 atom stereocenters. The molecule has 0 spiro atoms. The maximum absolute atomic E-state index is 14.8. The van der Waals surface area contributed by atoms with Gasteiger partial charge >= 0.3 is 0 Å². The lowest BCUT2D eigenvalue weighted by molar-refractivity contribution is -0.144. The van der Waals surface area contributed by atoms with Gasteiger partial charge in [-0.05, 0) is 138 Å². The van der Waals surface area contributed by atoms with E-state index in [2.05, 4.69) is 54.7 Å². The molecule has 17 nitrogen and oxygen atoms in total. The third kappa shape index (κ3) is 13.7. The largest absolute Gasteiger partial charge is 0.353 e. The van der Waals surface area contributed by atoms with Crippen molar-refractivity contribution in [3.05, 3.63) is 70.8 Å². The van der Waals surface area contributed by atoms with E-state index in [4.69, 9.17) is 0 Å². The van der Waals surface area contributed by atoms with E-state index in [0.717, 1.165) is 49.7 Å².